The zero-order valence-electron chi connectivity index (χ0n) is 15.5. The van der Waals surface area contributed by atoms with Crippen molar-refractivity contribution in [3.05, 3.63) is 70.2 Å². The number of carbonyl (C=O) groups is 1. The van der Waals surface area contributed by atoms with Crippen molar-refractivity contribution in [1.82, 2.24) is 4.90 Å². The Morgan fingerprint density at radius 2 is 2.04 bits per heavy atom. The number of amides is 1. The summed E-state index contributed by atoms with van der Waals surface area (Å²) in [6.45, 7) is 7.77. The number of likely N-dealkylation sites (tertiary alicyclic amines) is 1. The van der Waals surface area contributed by atoms with Crippen molar-refractivity contribution in [1.29, 1.82) is 0 Å². The molecule has 2 aromatic rings. The van der Waals surface area contributed by atoms with Gasteiger partial charge in [0.15, 0.2) is 0 Å². The SMILES string of the molecule is C[C@H]1CN(CCc2cccc(Cl)c2)CC[C@]1(C)c1cccc(C(N)=O)c1. The zero-order chi connectivity index (χ0) is 18.7. The molecule has 0 spiro atoms. The highest BCUT2D eigenvalue weighted by atomic mass is 35.5. The first-order chi connectivity index (χ1) is 12.4. The van der Waals surface area contributed by atoms with Crippen LogP contribution in [0.4, 0.5) is 0 Å². The van der Waals surface area contributed by atoms with E-state index in [0.29, 0.717) is 11.5 Å². The van der Waals surface area contributed by atoms with Crippen molar-refractivity contribution in [3.8, 4) is 0 Å². The topological polar surface area (TPSA) is 46.3 Å². The summed E-state index contributed by atoms with van der Waals surface area (Å²) < 4.78 is 0. The number of piperidine rings is 1. The second-order valence-electron chi connectivity index (χ2n) is 7.69. The van der Waals surface area contributed by atoms with Crippen molar-refractivity contribution < 1.29 is 4.79 Å². The van der Waals surface area contributed by atoms with E-state index < -0.39 is 0 Å². The molecule has 2 N–H and O–H groups in total. The second kappa shape index (κ2) is 7.81. The number of carbonyl (C=O) groups excluding carboxylic acids is 1. The summed E-state index contributed by atoms with van der Waals surface area (Å²) in [6, 6.07) is 16.0. The van der Waals surface area contributed by atoms with Gasteiger partial charge < -0.3 is 10.6 Å². The van der Waals surface area contributed by atoms with Gasteiger partial charge in [0.25, 0.3) is 0 Å². The summed E-state index contributed by atoms with van der Waals surface area (Å²) in [5.41, 5.74) is 8.63. The smallest absolute Gasteiger partial charge is 0.248 e. The largest absolute Gasteiger partial charge is 0.366 e. The number of rotatable bonds is 5. The standard InChI is InChI=1S/C22H27ClN2O/c1-16-15-25(11-9-17-5-3-8-20(23)13-17)12-10-22(16,2)19-7-4-6-18(14-19)21(24)26/h3-8,13-14,16H,9-12,15H2,1-2H3,(H2,24,26)/t16-,22-/m0/s1. The van der Waals surface area contributed by atoms with Crippen LogP contribution in [0.5, 0.6) is 0 Å². The highest BCUT2D eigenvalue weighted by molar-refractivity contribution is 6.30. The van der Waals surface area contributed by atoms with Crippen molar-refractivity contribution >= 4 is 17.5 Å². The molecule has 1 amide bonds. The van der Waals surface area contributed by atoms with Crippen LogP contribution in [0.1, 0.15) is 41.8 Å². The summed E-state index contributed by atoms with van der Waals surface area (Å²) in [5, 5.41) is 0.802. The normalized spacial score (nSPS) is 23.7. The average molecular weight is 371 g/mol. The maximum atomic E-state index is 11.5. The molecule has 1 saturated heterocycles. The predicted molar refractivity (Wildman–Crippen MR) is 108 cm³/mol. The number of nitrogens with two attached hydrogens (primary N) is 1. The van der Waals surface area contributed by atoms with Gasteiger partial charge in [0.1, 0.15) is 0 Å². The molecule has 1 fully saturated rings. The van der Waals surface area contributed by atoms with Crippen LogP contribution >= 0.6 is 11.6 Å². The van der Waals surface area contributed by atoms with Crippen LogP contribution in [0.3, 0.4) is 0 Å². The van der Waals surface area contributed by atoms with E-state index in [4.69, 9.17) is 17.3 Å². The molecule has 0 aliphatic carbocycles. The maximum Gasteiger partial charge on any atom is 0.248 e. The maximum absolute atomic E-state index is 11.5. The van der Waals surface area contributed by atoms with E-state index in [1.807, 2.05) is 30.3 Å². The van der Waals surface area contributed by atoms with E-state index in [2.05, 4.69) is 30.9 Å². The van der Waals surface area contributed by atoms with Crippen LogP contribution < -0.4 is 5.73 Å². The fraction of sp³-hybridized carbons (Fsp3) is 0.409. The Kier molecular flexibility index (Phi) is 5.69. The summed E-state index contributed by atoms with van der Waals surface area (Å²) in [6.07, 6.45) is 2.09. The van der Waals surface area contributed by atoms with Crippen molar-refractivity contribution in [2.75, 3.05) is 19.6 Å². The number of benzene rings is 2. The fourth-order valence-corrected chi connectivity index (χ4v) is 4.17. The Hall–Kier alpha value is -1.84. The third-order valence-corrected chi connectivity index (χ3v) is 6.21. The minimum Gasteiger partial charge on any atom is -0.366 e. The minimum atomic E-state index is -0.359. The Labute approximate surface area is 161 Å². The molecule has 2 aromatic carbocycles. The Morgan fingerprint density at radius 3 is 2.73 bits per heavy atom. The molecule has 1 aliphatic heterocycles. The molecule has 4 heteroatoms. The summed E-state index contributed by atoms with van der Waals surface area (Å²) in [7, 11) is 0. The van der Waals surface area contributed by atoms with Gasteiger partial charge in [0.05, 0.1) is 0 Å². The van der Waals surface area contributed by atoms with Crippen LogP contribution in [0.25, 0.3) is 0 Å². The van der Waals surface area contributed by atoms with Gasteiger partial charge in [-0.3, -0.25) is 4.79 Å². The van der Waals surface area contributed by atoms with Gasteiger partial charge in [0, 0.05) is 23.7 Å². The van der Waals surface area contributed by atoms with E-state index >= 15 is 0 Å². The van der Waals surface area contributed by atoms with Gasteiger partial charge in [-0.2, -0.15) is 0 Å². The lowest BCUT2D eigenvalue weighted by atomic mass is 9.68. The molecule has 138 valence electrons. The van der Waals surface area contributed by atoms with Crippen molar-refractivity contribution in [2.24, 2.45) is 11.7 Å². The van der Waals surface area contributed by atoms with Gasteiger partial charge in [-0.05, 0) is 66.1 Å². The highest BCUT2D eigenvalue weighted by Gasteiger charge is 2.37. The molecule has 0 bridgehead atoms. The minimum absolute atomic E-state index is 0.0675. The second-order valence-corrected chi connectivity index (χ2v) is 8.13. The van der Waals surface area contributed by atoms with Gasteiger partial charge in [-0.15, -0.1) is 0 Å². The van der Waals surface area contributed by atoms with Crippen LogP contribution in [0.2, 0.25) is 5.02 Å². The number of halogens is 1. The molecule has 26 heavy (non-hydrogen) atoms. The lowest BCUT2D eigenvalue weighted by molar-refractivity contribution is 0.0998. The van der Waals surface area contributed by atoms with Gasteiger partial charge in [0.2, 0.25) is 5.91 Å². The van der Waals surface area contributed by atoms with Crippen molar-refractivity contribution in [3.63, 3.8) is 0 Å². The van der Waals surface area contributed by atoms with Crippen molar-refractivity contribution in [2.45, 2.75) is 32.1 Å². The molecule has 1 heterocycles. The van der Waals surface area contributed by atoms with E-state index in [0.717, 1.165) is 37.5 Å². The lowest BCUT2D eigenvalue weighted by Crippen LogP contribution is -2.47. The summed E-state index contributed by atoms with van der Waals surface area (Å²) in [4.78, 5) is 14.1. The van der Waals surface area contributed by atoms with E-state index in [1.165, 1.54) is 11.1 Å². The monoisotopic (exact) mass is 370 g/mol. The van der Waals surface area contributed by atoms with Crippen LogP contribution in [-0.4, -0.2) is 30.4 Å². The quantitative estimate of drug-likeness (QED) is 0.853. The average Bonchev–Trinajstić information content (AvgIpc) is 2.63. The van der Waals surface area contributed by atoms with E-state index in [1.54, 1.807) is 6.07 Å². The van der Waals surface area contributed by atoms with Crippen LogP contribution in [-0.2, 0) is 11.8 Å². The van der Waals surface area contributed by atoms with E-state index in [-0.39, 0.29) is 11.3 Å². The Balaban J connectivity index is 1.66. The Morgan fingerprint density at radius 1 is 1.27 bits per heavy atom. The first kappa shape index (κ1) is 18.9. The van der Waals surface area contributed by atoms with Gasteiger partial charge in [-0.1, -0.05) is 49.7 Å². The summed E-state index contributed by atoms with van der Waals surface area (Å²) >= 11 is 6.08. The first-order valence-electron chi connectivity index (χ1n) is 9.25. The van der Waals surface area contributed by atoms with E-state index in [9.17, 15) is 4.79 Å². The first-order valence-corrected chi connectivity index (χ1v) is 9.63. The molecule has 0 aromatic heterocycles. The highest BCUT2D eigenvalue weighted by Crippen LogP contribution is 2.39. The predicted octanol–water partition coefficient (Wildman–Crippen LogP) is 4.28. The number of primary amides is 1. The number of hydrogen-bond acceptors (Lipinski definition) is 2. The molecule has 0 unspecified atom stereocenters. The molecule has 1 aliphatic rings. The molecule has 0 radical (unpaired) electrons. The lowest BCUT2D eigenvalue weighted by Gasteiger charge is -2.45. The number of hydrogen-bond donors (Lipinski definition) is 1. The molecule has 2 atom stereocenters. The van der Waals surface area contributed by atoms with Gasteiger partial charge in [-0.25, -0.2) is 0 Å². The molecule has 3 rings (SSSR count). The fourth-order valence-electron chi connectivity index (χ4n) is 3.96. The van der Waals surface area contributed by atoms with Gasteiger partial charge >= 0.3 is 0 Å². The number of nitrogens with zero attached hydrogens (tertiary/aromatic N) is 1. The molecular formula is C22H27ClN2O. The molecule has 0 saturated carbocycles. The summed E-state index contributed by atoms with van der Waals surface area (Å²) in [5.74, 6) is 0.140. The third-order valence-electron chi connectivity index (χ3n) is 5.98. The third kappa shape index (κ3) is 4.11. The molecule has 3 nitrogen and oxygen atoms in total. The van der Waals surface area contributed by atoms with Crippen LogP contribution in [0, 0.1) is 5.92 Å². The Bertz CT molecular complexity index is 791. The molecular weight excluding hydrogens is 344 g/mol. The van der Waals surface area contributed by atoms with Crippen LogP contribution in [0.15, 0.2) is 48.5 Å². The zero-order valence-corrected chi connectivity index (χ0v) is 16.3.